The number of carboxylic acids is 2. The van der Waals surface area contributed by atoms with Gasteiger partial charge in [0.25, 0.3) is 0 Å². The minimum absolute atomic E-state index is 0.138. The molecule has 6 nitrogen and oxygen atoms in total. The van der Waals surface area contributed by atoms with Gasteiger partial charge in [0.05, 0.1) is 5.92 Å². The first-order valence-electron chi connectivity index (χ1n) is 10.1. The first-order valence-corrected chi connectivity index (χ1v) is 10.1. The van der Waals surface area contributed by atoms with E-state index in [0.717, 1.165) is 35.5 Å². The molecule has 1 saturated carbocycles. The van der Waals surface area contributed by atoms with E-state index in [0.29, 0.717) is 12.8 Å². The van der Waals surface area contributed by atoms with E-state index in [9.17, 15) is 14.7 Å². The van der Waals surface area contributed by atoms with Crippen LogP contribution in [0.2, 0.25) is 0 Å². The van der Waals surface area contributed by atoms with Crippen LogP contribution in [0.1, 0.15) is 48.8 Å². The van der Waals surface area contributed by atoms with E-state index in [1.165, 1.54) is 5.56 Å². The third-order valence-electron chi connectivity index (χ3n) is 5.80. The van der Waals surface area contributed by atoms with Crippen LogP contribution < -0.4 is 10.1 Å². The van der Waals surface area contributed by atoms with Gasteiger partial charge in [0, 0.05) is 23.1 Å². The number of carbonyl (C=O) groups is 2. The van der Waals surface area contributed by atoms with Crippen LogP contribution in [-0.2, 0) is 16.0 Å². The number of carboxylic acid groups (broad SMARTS) is 2. The number of hydrogen-bond donors (Lipinski definition) is 3. The van der Waals surface area contributed by atoms with Crippen LogP contribution in [0.4, 0.5) is 0 Å². The van der Waals surface area contributed by atoms with Gasteiger partial charge in [-0.05, 0) is 37.0 Å². The van der Waals surface area contributed by atoms with Crippen molar-refractivity contribution in [2.45, 2.75) is 50.6 Å². The molecule has 0 aromatic heterocycles. The van der Waals surface area contributed by atoms with Gasteiger partial charge in [-0.25, -0.2) is 0 Å². The second kappa shape index (κ2) is 7.87. The van der Waals surface area contributed by atoms with Crippen LogP contribution >= 0.6 is 0 Å². The van der Waals surface area contributed by atoms with Crippen LogP contribution in [0.25, 0.3) is 0 Å². The lowest BCUT2D eigenvalue weighted by molar-refractivity contribution is -0.141. The molecule has 3 N–H and O–H groups in total. The quantitative estimate of drug-likeness (QED) is 0.629. The van der Waals surface area contributed by atoms with Crippen LogP contribution in [0.5, 0.6) is 11.5 Å². The van der Waals surface area contributed by atoms with Crippen LogP contribution in [0.15, 0.2) is 42.5 Å². The molecule has 0 spiro atoms. The SMILES string of the molecule is CCCc1ccc2c(c1)Oc1ccccc1C2CC(NC1CC1C(=O)O)C(=O)O. The maximum atomic E-state index is 11.9. The second-order valence-corrected chi connectivity index (χ2v) is 7.89. The van der Waals surface area contributed by atoms with E-state index in [2.05, 4.69) is 18.3 Å². The number of hydrogen-bond acceptors (Lipinski definition) is 4. The molecule has 6 heteroatoms. The number of rotatable bonds is 8. The van der Waals surface area contributed by atoms with Crippen molar-refractivity contribution in [3.8, 4) is 11.5 Å². The summed E-state index contributed by atoms with van der Waals surface area (Å²) in [4.78, 5) is 23.1. The lowest BCUT2D eigenvalue weighted by Crippen LogP contribution is -2.40. The molecule has 1 aliphatic carbocycles. The normalized spacial score (nSPS) is 22.7. The number of nitrogens with one attached hydrogen (secondary N) is 1. The highest BCUT2D eigenvalue weighted by molar-refractivity contribution is 5.76. The predicted molar refractivity (Wildman–Crippen MR) is 108 cm³/mol. The molecule has 0 radical (unpaired) electrons. The summed E-state index contributed by atoms with van der Waals surface area (Å²) in [7, 11) is 0. The molecular formula is C23H25NO5. The molecule has 4 atom stereocenters. The van der Waals surface area contributed by atoms with Crippen molar-refractivity contribution in [1.29, 1.82) is 0 Å². The van der Waals surface area contributed by atoms with E-state index >= 15 is 0 Å². The van der Waals surface area contributed by atoms with Gasteiger partial charge in [0.2, 0.25) is 0 Å². The summed E-state index contributed by atoms with van der Waals surface area (Å²) in [5.74, 6) is -0.953. The van der Waals surface area contributed by atoms with E-state index in [4.69, 9.17) is 9.84 Å². The van der Waals surface area contributed by atoms with Gasteiger partial charge in [0.1, 0.15) is 17.5 Å². The minimum atomic E-state index is -0.964. The van der Waals surface area contributed by atoms with Gasteiger partial charge in [-0.15, -0.1) is 0 Å². The Morgan fingerprint density at radius 2 is 1.90 bits per heavy atom. The summed E-state index contributed by atoms with van der Waals surface area (Å²) >= 11 is 0. The van der Waals surface area contributed by atoms with Crippen LogP contribution in [0.3, 0.4) is 0 Å². The number of para-hydroxylation sites is 1. The Morgan fingerprint density at radius 3 is 2.59 bits per heavy atom. The Morgan fingerprint density at radius 1 is 1.14 bits per heavy atom. The molecule has 1 heterocycles. The molecule has 4 unspecified atom stereocenters. The fourth-order valence-electron chi connectivity index (χ4n) is 4.19. The van der Waals surface area contributed by atoms with Crippen molar-refractivity contribution in [2.75, 3.05) is 0 Å². The maximum absolute atomic E-state index is 11.9. The van der Waals surface area contributed by atoms with Crippen molar-refractivity contribution >= 4 is 11.9 Å². The summed E-state index contributed by atoms with van der Waals surface area (Å²) in [5.41, 5.74) is 3.13. The zero-order chi connectivity index (χ0) is 20.5. The molecule has 1 fully saturated rings. The zero-order valence-electron chi connectivity index (χ0n) is 16.3. The van der Waals surface area contributed by atoms with Crippen molar-refractivity contribution in [3.05, 3.63) is 59.2 Å². The third kappa shape index (κ3) is 3.98. The zero-order valence-corrected chi connectivity index (χ0v) is 16.3. The molecule has 2 aromatic carbocycles. The third-order valence-corrected chi connectivity index (χ3v) is 5.80. The number of benzene rings is 2. The number of ether oxygens (including phenoxy) is 1. The maximum Gasteiger partial charge on any atom is 0.320 e. The van der Waals surface area contributed by atoms with Crippen molar-refractivity contribution < 1.29 is 24.5 Å². The van der Waals surface area contributed by atoms with Gasteiger partial charge in [-0.3, -0.25) is 9.59 Å². The van der Waals surface area contributed by atoms with Crippen molar-refractivity contribution in [3.63, 3.8) is 0 Å². The summed E-state index contributed by atoms with van der Waals surface area (Å²) in [6.07, 6.45) is 2.80. The molecule has 4 rings (SSSR count). The van der Waals surface area contributed by atoms with Crippen molar-refractivity contribution in [2.24, 2.45) is 5.92 Å². The Kier molecular flexibility index (Phi) is 5.28. The molecule has 0 bridgehead atoms. The molecule has 1 aliphatic heterocycles. The number of aryl methyl sites for hydroxylation is 1. The topological polar surface area (TPSA) is 95.9 Å². The fraction of sp³-hybridized carbons (Fsp3) is 0.391. The molecular weight excluding hydrogens is 370 g/mol. The van der Waals surface area contributed by atoms with Gasteiger partial charge >= 0.3 is 11.9 Å². The standard InChI is InChI=1S/C23H25NO5/c1-2-5-13-8-9-15-16(14-6-3-4-7-20(14)29-21(15)10-13)11-19(23(27)28)24-18-12-17(18)22(25)26/h3-4,6-10,16-19,24H,2,5,11-12H2,1H3,(H,25,26)(H,27,28). The Labute approximate surface area is 169 Å². The number of aliphatic carboxylic acids is 2. The summed E-state index contributed by atoms with van der Waals surface area (Å²) in [5, 5.41) is 21.9. The largest absolute Gasteiger partial charge is 0.481 e. The molecule has 0 saturated heterocycles. The van der Waals surface area contributed by atoms with E-state index in [-0.39, 0.29) is 12.0 Å². The van der Waals surface area contributed by atoms with Crippen molar-refractivity contribution in [1.82, 2.24) is 5.32 Å². The molecule has 2 aromatic rings. The van der Waals surface area contributed by atoms with Crippen LogP contribution in [0, 0.1) is 5.92 Å². The van der Waals surface area contributed by atoms with Gasteiger partial charge in [-0.1, -0.05) is 43.7 Å². The van der Waals surface area contributed by atoms with Gasteiger partial charge < -0.3 is 20.3 Å². The molecule has 2 aliphatic rings. The number of fused-ring (bicyclic) bond motifs is 2. The Bertz CT molecular complexity index is 941. The second-order valence-electron chi connectivity index (χ2n) is 7.89. The monoisotopic (exact) mass is 395 g/mol. The fourth-order valence-corrected chi connectivity index (χ4v) is 4.19. The van der Waals surface area contributed by atoms with Crippen LogP contribution in [-0.4, -0.2) is 34.2 Å². The van der Waals surface area contributed by atoms with E-state index in [1.807, 2.05) is 36.4 Å². The molecule has 0 amide bonds. The summed E-state index contributed by atoms with van der Waals surface area (Å²) in [6.45, 7) is 2.13. The summed E-state index contributed by atoms with van der Waals surface area (Å²) < 4.78 is 6.13. The average molecular weight is 395 g/mol. The average Bonchev–Trinajstić information content (AvgIpc) is 3.46. The Balaban J connectivity index is 1.63. The first-order chi connectivity index (χ1) is 14.0. The highest BCUT2D eigenvalue weighted by atomic mass is 16.5. The summed E-state index contributed by atoms with van der Waals surface area (Å²) in [6, 6.07) is 12.8. The molecule has 29 heavy (non-hydrogen) atoms. The van der Waals surface area contributed by atoms with Gasteiger partial charge in [-0.2, -0.15) is 0 Å². The van der Waals surface area contributed by atoms with E-state index in [1.54, 1.807) is 0 Å². The first kappa shape index (κ1) is 19.5. The highest BCUT2D eigenvalue weighted by Crippen LogP contribution is 2.46. The lowest BCUT2D eigenvalue weighted by atomic mass is 9.82. The highest BCUT2D eigenvalue weighted by Gasteiger charge is 2.45. The van der Waals surface area contributed by atoms with E-state index < -0.39 is 23.9 Å². The molecule has 152 valence electrons. The van der Waals surface area contributed by atoms with Gasteiger partial charge in [0.15, 0.2) is 0 Å². The smallest absolute Gasteiger partial charge is 0.320 e. The lowest BCUT2D eigenvalue weighted by Gasteiger charge is -2.30. The Hall–Kier alpha value is -2.86. The predicted octanol–water partition coefficient (Wildman–Crippen LogP) is 3.78. The minimum Gasteiger partial charge on any atom is -0.481 e.